The smallest absolute Gasteiger partial charge is 0.273 e. The van der Waals surface area contributed by atoms with Crippen molar-refractivity contribution in [3.63, 3.8) is 0 Å². The second-order valence-corrected chi connectivity index (χ2v) is 8.31. The standard InChI is InChI=1S/C11H15N3O2S3/c1-7-8(2)17-11(13-7)14-19(15,16)10-4-3-9(18-10)5-6-12/h3-4H,5-6,12H2,1-2H3,(H,13,14). The Hall–Kier alpha value is -0.960. The highest BCUT2D eigenvalue weighted by Crippen LogP contribution is 2.27. The number of nitrogens with one attached hydrogen (secondary N) is 1. The Kier molecular flexibility index (Phi) is 4.24. The van der Waals surface area contributed by atoms with Gasteiger partial charge in [0.2, 0.25) is 0 Å². The summed E-state index contributed by atoms with van der Waals surface area (Å²) in [6, 6.07) is 3.40. The van der Waals surface area contributed by atoms with Gasteiger partial charge in [-0.1, -0.05) is 0 Å². The second-order valence-electron chi connectivity index (χ2n) is 4.03. The largest absolute Gasteiger partial charge is 0.330 e. The van der Waals surface area contributed by atoms with E-state index < -0.39 is 10.0 Å². The van der Waals surface area contributed by atoms with E-state index in [1.165, 1.54) is 22.7 Å². The molecule has 0 saturated carbocycles. The minimum absolute atomic E-state index is 0.293. The van der Waals surface area contributed by atoms with Gasteiger partial charge in [-0.2, -0.15) is 0 Å². The Bertz CT molecular complexity index is 654. The predicted molar refractivity (Wildman–Crippen MR) is 79.5 cm³/mol. The first-order chi connectivity index (χ1) is 8.92. The first-order valence-electron chi connectivity index (χ1n) is 5.68. The fraction of sp³-hybridized carbons (Fsp3) is 0.364. The molecule has 104 valence electrons. The molecule has 0 aliphatic rings. The molecule has 8 heteroatoms. The van der Waals surface area contributed by atoms with Gasteiger partial charge in [0, 0.05) is 9.75 Å². The monoisotopic (exact) mass is 317 g/mol. The highest BCUT2D eigenvalue weighted by Gasteiger charge is 2.18. The van der Waals surface area contributed by atoms with E-state index in [0.29, 0.717) is 22.3 Å². The van der Waals surface area contributed by atoms with Crippen LogP contribution in [0, 0.1) is 13.8 Å². The topological polar surface area (TPSA) is 85.1 Å². The molecule has 0 saturated heterocycles. The summed E-state index contributed by atoms with van der Waals surface area (Å²) in [5, 5.41) is 0.406. The molecule has 0 amide bonds. The van der Waals surface area contributed by atoms with Crippen LogP contribution < -0.4 is 10.5 Å². The lowest BCUT2D eigenvalue weighted by Crippen LogP contribution is -2.11. The van der Waals surface area contributed by atoms with E-state index in [9.17, 15) is 8.42 Å². The summed E-state index contributed by atoms with van der Waals surface area (Å²) < 4.78 is 27.2. The van der Waals surface area contributed by atoms with Gasteiger partial charge in [0.25, 0.3) is 10.0 Å². The third-order valence-electron chi connectivity index (χ3n) is 2.54. The molecule has 0 aliphatic heterocycles. The van der Waals surface area contributed by atoms with Crippen molar-refractivity contribution in [3.05, 3.63) is 27.6 Å². The number of thiophene rings is 1. The zero-order chi connectivity index (χ0) is 14.0. The van der Waals surface area contributed by atoms with Crippen molar-refractivity contribution in [2.45, 2.75) is 24.5 Å². The van der Waals surface area contributed by atoms with Gasteiger partial charge in [0.05, 0.1) is 5.69 Å². The lowest BCUT2D eigenvalue weighted by molar-refractivity contribution is 0.603. The number of hydrogen-bond donors (Lipinski definition) is 2. The Balaban J connectivity index is 2.21. The van der Waals surface area contributed by atoms with E-state index in [2.05, 4.69) is 9.71 Å². The van der Waals surface area contributed by atoms with Gasteiger partial charge < -0.3 is 5.73 Å². The van der Waals surface area contributed by atoms with Crippen LogP contribution in [0.3, 0.4) is 0 Å². The van der Waals surface area contributed by atoms with E-state index in [1.54, 1.807) is 12.1 Å². The molecular formula is C11H15N3O2S3. The van der Waals surface area contributed by atoms with Gasteiger partial charge in [0.15, 0.2) is 5.13 Å². The molecule has 0 fully saturated rings. The normalized spacial score (nSPS) is 11.7. The van der Waals surface area contributed by atoms with Gasteiger partial charge >= 0.3 is 0 Å². The average Bonchev–Trinajstić information content (AvgIpc) is 2.88. The molecule has 2 aromatic heterocycles. The van der Waals surface area contributed by atoms with Crippen LogP contribution in [0.25, 0.3) is 0 Å². The maximum Gasteiger partial charge on any atom is 0.273 e. The summed E-state index contributed by atoms with van der Waals surface area (Å²) in [5.41, 5.74) is 6.30. The molecule has 2 heterocycles. The van der Waals surface area contributed by atoms with Crippen LogP contribution in [0.2, 0.25) is 0 Å². The van der Waals surface area contributed by atoms with Crippen LogP contribution in [0.15, 0.2) is 16.3 Å². The first kappa shape index (κ1) is 14.4. The first-order valence-corrected chi connectivity index (χ1v) is 8.79. The molecule has 2 rings (SSSR count). The second kappa shape index (κ2) is 5.58. The SMILES string of the molecule is Cc1nc(NS(=O)(=O)c2ccc(CCN)s2)sc1C. The summed E-state index contributed by atoms with van der Waals surface area (Å²) in [7, 11) is -3.54. The summed E-state index contributed by atoms with van der Waals surface area (Å²) in [6.45, 7) is 4.28. The highest BCUT2D eigenvalue weighted by molar-refractivity contribution is 7.94. The van der Waals surface area contributed by atoms with Crippen molar-refractivity contribution >= 4 is 37.8 Å². The van der Waals surface area contributed by atoms with Crippen molar-refractivity contribution < 1.29 is 8.42 Å². The lowest BCUT2D eigenvalue weighted by Gasteiger charge is -2.01. The van der Waals surface area contributed by atoms with Crippen molar-refractivity contribution in [1.29, 1.82) is 0 Å². The summed E-state index contributed by atoms with van der Waals surface area (Å²) in [4.78, 5) is 6.15. The molecule has 0 radical (unpaired) electrons. The van der Waals surface area contributed by atoms with Crippen molar-refractivity contribution in [3.8, 4) is 0 Å². The average molecular weight is 317 g/mol. The summed E-state index contributed by atoms with van der Waals surface area (Å²) >= 11 is 2.58. The van der Waals surface area contributed by atoms with Crippen LogP contribution in [-0.2, 0) is 16.4 Å². The maximum absolute atomic E-state index is 12.2. The fourth-order valence-corrected chi connectivity index (χ4v) is 4.88. The zero-order valence-electron chi connectivity index (χ0n) is 10.6. The molecule has 0 unspecified atom stereocenters. The fourth-order valence-electron chi connectivity index (χ4n) is 1.46. The highest BCUT2D eigenvalue weighted by atomic mass is 32.2. The molecule has 5 nitrogen and oxygen atoms in total. The number of anilines is 1. The number of hydrogen-bond acceptors (Lipinski definition) is 6. The Morgan fingerprint density at radius 3 is 2.63 bits per heavy atom. The lowest BCUT2D eigenvalue weighted by atomic mass is 10.3. The van der Waals surface area contributed by atoms with Crippen molar-refractivity contribution in [1.82, 2.24) is 4.98 Å². The molecule has 0 aliphatic carbocycles. The van der Waals surface area contributed by atoms with E-state index >= 15 is 0 Å². The Morgan fingerprint density at radius 1 is 1.32 bits per heavy atom. The number of nitrogens with zero attached hydrogens (tertiary/aromatic N) is 1. The van der Waals surface area contributed by atoms with Gasteiger partial charge in [-0.05, 0) is 38.9 Å². The summed E-state index contributed by atoms with van der Waals surface area (Å²) in [6.07, 6.45) is 0.690. The van der Waals surface area contributed by atoms with Crippen LogP contribution in [0.1, 0.15) is 15.4 Å². The maximum atomic E-state index is 12.2. The van der Waals surface area contributed by atoms with Crippen molar-refractivity contribution in [2.75, 3.05) is 11.3 Å². The van der Waals surface area contributed by atoms with E-state index in [4.69, 9.17) is 5.73 Å². The molecule has 2 aromatic rings. The molecular weight excluding hydrogens is 302 g/mol. The van der Waals surface area contributed by atoms with Crippen molar-refractivity contribution in [2.24, 2.45) is 5.73 Å². The third-order valence-corrected chi connectivity index (χ3v) is 6.64. The number of rotatable bonds is 5. The minimum Gasteiger partial charge on any atom is -0.330 e. The van der Waals surface area contributed by atoms with E-state index in [-0.39, 0.29) is 0 Å². The van der Waals surface area contributed by atoms with E-state index in [0.717, 1.165) is 15.4 Å². The minimum atomic E-state index is -3.54. The van der Waals surface area contributed by atoms with Crippen LogP contribution >= 0.6 is 22.7 Å². The quantitative estimate of drug-likeness (QED) is 0.884. The summed E-state index contributed by atoms with van der Waals surface area (Å²) in [5.74, 6) is 0. The molecule has 0 atom stereocenters. The Labute approximate surface area is 120 Å². The van der Waals surface area contributed by atoms with Gasteiger partial charge in [-0.25, -0.2) is 13.4 Å². The molecule has 0 aromatic carbocycles. The number of sulfonamides is 1. The molecule has 3 N–H and O–H groups in total. The molecule has 0 bridgehead atoms. The number of thiazole rings is 1. The molecule has 19 heavy (non-hydrogen) atoms. The zero-order valence-corrected chi connectivity index (χ0v) is 13.1. The number of aromatic nitrogens is 1. The van der Waals surface area contributed by atoms with Gasteiger partial charge in [-0.3, -0.25) is 4.72 Å². The number of aryl methyl sites for hydroxylation is 2. The van der Waals surface area contributed by atoms with Gasteiger partial charge in [0.1, 0.15) is 4.21 Å². The van der Waals surface area contributed by atoms with E-state index in [1.807, 2.05) is 13.8 Å². The number of nitrogens with two attached hydrogens (primary N) is 1. The molecule has 0 spiro atoms. The van der Waals surface area contributed by atoms with Gasteiger partial charge in [-0.15, -0.1) is 22.7 Å². The Morgan fingerprint density at radius 2 is 2.05 bits per heavy atom. The third kappa shape index (κ3) is 3.33. The van der Waals surface area contributed by atoms with Crippen LogP contribution in [0.4, 0.5) is 5.13 Å². The van der Waals surface area contributed by atoms with Crippen LogP contribution in [0.5, 0.6) is 0 Å². The van der Waals surface area contributed by atoms with Crippen LogP contribution in [-0.4, -0.2) is 19.9 Å². The predicted octanol–water partition coefficient (Wildman–Crippen LogP) is 2.12.